The van der Waals surface area contributed by atoms with Crippen LogP contribution in [-0.4, -0.2) is 56.0 Å². The predicted octanol–water partition coefficient (Wildman–Crippen LogP) is 2.85. The number of carbonyl (C=O) groups is 1. The second-order valence-corrected chi connectivity index (χ2v) is 6.43. The van der Waals surface area contributed by atoms with Crippen molar-refractivity contribution in [3.05, 3.63) is 47.9 Å². The number of hydrogen-bond donors (Lipinski definition) is 1. The van der Waals surface area contributed by atoms with Crippen molar-refractivity contribution in [2.45, 2.75) is 13.0 Å². The number of furan rings is 1. The quantitative estimate of drug-likeness (QED) is 0.905. The third kappa shape index (κ3) is 3.96. The van der Waals surface area contributed by atoms with Gasteiger partial charge in [0, 0.05) is 37.3 Å². The zero-order chi connectivity index (χ0) is 17.8. The van der Waals surface area contributed by atoms with Crippen molar-refractivity contribution in [2.24, 2.45) is 0 Å². The summed E-state index contributed by atoms with van der Waals surface area (Å²) in [6.07, 6.45) is 3.36. The molecule has 3 rings (SSSR count). The molecule has 1 aromatic heterocycles. The molecule has 0 spiro atoms. The molecule has 2 heterocycles. The molecule has 0 radical (unpaired) electrons. The predicted molar refractivity (Wildman–Crippen MR) is 97.1 cm³/mol. The van der Waals surface area contributed by atoms with Gasteiger partial charge in [0.15, 0.2) is 0 Å². The molecule has 6 heteroatoms. The Morgan fingerprint density at radius 2 is 2.00 bits per heavy atom. The van der Waals surface area contributed by atoms with Crippen LogP contribution in [0.3, 0.4) is 0 Å². The molecule has 0 saturated carbocycles. The van der Waals surface area contributed by atoms with E-state index in [2.05, 4.69) is 17.3 Å². The Hall–Kier alpha value is -2.47. The summed E-state index contributed by atoms with van der Waals surface area (Å²) in [5.74, 6) is 0.778. The summed E-state index contributed by atoms with van der Waals surface area (Å²) in [5.41, 5.74) is 2.52. The van der Waals surface area contributed by atoms with Crippen molar-refractivity contribution in [1.82, 2.24) is 9.80 Å². The number of benzene rings is 1. The molecule has 1 atom stereocenters. The number of anilines is 1. The highest BCUT2D eigenvalue weighted by molar-refractivity contribution is 5.95. The van der Waals surface area contributed by atoms with Gasteiger partial charge in [-0.1, -0.05) is 0 Å². The number of nitrogens with one attached hydrogen (secondary N) is 1. The van der Waals surface area contributed by atoms with Gasteiger partial charge in [-0.05, 0) is 38.2 Å². The average molecular weight is 343 g/mol. The van der Waals surface area contributed by atoms with Gasteiger partial charge in [0.25, 0.3) is 5.91 Å². The standard InChI is InChI=1S/C19H25N3O3/c1-14(16-6-11-25-13-16)20-17-12-15(4-5-18(17)24-3)19(23)22-9-7-21(2)8-10-22/h4-6,11-14,20H,7-10H2,1-3H3. The van der Waals surface area contributed by atoms with Gasteiger partial charge in [0.2, 0.25) is 0 Å². The van der Waals surface area contributed by atoms with Crippen LogP contribution >= 0.6 is 0 Å². The molecule has 1 aliphatic rings. The Morgan fingerprint density at radius 3 is 2.64 bits per heavy atom. The molecule has 1 saturated heterocycles. The third-order valence-corrected chi connectivity index (χ3v) is 4.65. The lowest BCUT2D eigenvalue weighted by atomic mass is 10.1. The second kappa shape index (κ2) is 7.61. The molecule has 2 aromatic rings. The number of hydrogen-bond acceptors (Lipinski definition) is 5. The molecule has 0 bridgehead atoms. The maximum atomic E-state index is 12.8. The van der Waals surface area contributed by atoms with E-state index in [0.717, 1.165) is 37.4 Å². The topological polar surface area (TPSA) is 58.0 Å². The summed E-state index contributed by atoms with van der Waals surface area (Å²) in [6.45, 7) is 5.37. The number of piperazine rings is 1. The first-order chi connectivity index (χ1) is 12.1. The minimum absolute atomic E-state index is 0.0432. The van der Waals surface area contributed by atoms with E-state index in [0.29, 0.717) is 11.3 Å². The summed E-state index contributed by atoms with van der Waals surface area (Å²) in [6, 6.07) is 7.50. The van der Waals surface area contributed by atoms with Crippen molar-refractivity contribution < 1.29 is 13.9 Å². The molecule has 0 aliphatic carbocycles. The van der Waals surface area contributed by atoms with Crippen LogP contribution in [0.15, 0.2) is 41.2 Å². The lowest BCUT2D eigenvalue weighted by molar-refractivity contribution is 0.0664. The van der Waals surface area contributed by atoms with Crippen LogP contribution in [0.5, 0.6) is 5.75 Å². The van der Waals surface area contributed by atoms with Gasteiger partial charge in [-0.3, -0.25) is 4.79 Å². The molecule has 134 valence electrons. The Bertz CT molecular complexity index is 707. The van der Waals surface area contributed by atoms with E-state index < -0.39 is 0 Å². The number of rotatable bonds is 5. The van der Waals surface area contributed by atoms with Crippen molar-refractivity contribution >= 4 is 11.6 Å². The van der Waals surface area contributed by atoms with Gasteiger partial charge in [0.05, 0.1) is 31.4 Å². The molecule has 1 unspecified atom stereocenters. The minimum Gasteiger partial charge on any atom is -0.495 e. The Morgan fingerprint density at radius 1 is 1.24 bits per heavy atom. The van der Waals surface area contributed by atoms with Crippen molar-refractivity contribution in [2.75, 3.05) is 45.7 Å². The fourth-order valence-corrected chi connectivity index (χ4v) is 2.98. The van der Waals surface area contributed by atoms with E-state index in [-0.39, 0.29) is 11.9 Å². The summed E-state index contributed by atoms with van der Waals surface area (Å²) < 4.78 is 10.6. The van der Waals surface area contributed by atoms with Gasteiger partial charge in [-0.15, -0.1) is 0 Å². The molecule has 1 amide bonds. The minimum atomic E-state index is 0.0432. The molecule has 1 N–H and O–H groups in total. The van der Waals surface area contributed by atoms with Crippen LogP contribution in [0.4, 0.5) is 5.69 Å². The van der Waals surface area contributed by atoms with Crippen LogP contribution < -0.4 is 10.1 Å². The number of carbonyl (C=O) groups excluding carboxylic acids is 1. The maximum absolute atomic E-state index is 12.8. The van der Waals surface area contributed by atoms with Crippen LogP contribution in [-0.2, 0) is 0 Å². The van der Waals surface area contributed by atoms with E-state index in [1.807, 2.05) is 36.1 Å². The molecule has 1 aliphatic heterocycles. The molecule has 1 aromatic carbocycles. The average Bonchev–Trinajstić information content (AvgIpc) is 3.16. The monoisotopic (exact) mass is 343 g/mol. The number of nitrogens with zero attached hydrogens (tertiary/aromatic N) is 2. The fourth-order valence-electron chi connectivity index (χ4n) is 2.98. The van der Waals surface area contributed by atoms with Crippen LogP contribution in [0.2, 0.25) is 0 Å². The highest BCUT2D eigenvalue weighted by Gasteiger charge is 2.21. The van der Waals surface area contributed by atoms with Gasteiger partial charge >= 0.3 is 0 Å². The van der Waals surface area contributed by atoms with Crippen LogP contribution in [0.1, 0.15) is 28.9 Å². The van der Waals surface area contributed by atoms with E-state index >= 15 is 0 Å². The Kier molecular flexibility index (Phi) is 5.28. The number of likely N-dealkylation sites (N-methyl/N-ethyl adjacent to an activating group) is 1. The summed E-state index contributed by atoms with van der Waals surface area (Å²) >= 11 is 0. The highest BCUT2D eigenvalue weighted by atomic mass is 16.5. The first-order valence-corrected chi connectivity index (χ1v) is 8.53. The number of amides is 1. The second-order valence-electron chi connectivity index (χ2n) is 6.43. The van der Waals surface area contributed by atoms with Crippen LogP contribution in [0.25, 0.3) is 0 Å². The smallest absolute Gasteiger partial charge is 0.254 e. The summed E-state index contributed by atoms with van der Waals surface area (Å²) in [4.78, 5) is 16.9. The van der Waals surface area contributed by atoms with Crippen molar-refractivity contribution in [1.29, 1.82) is 0 Å². The zero-order valence-corrected chi connectivity index (χ0v) is 15.0. The highest BCUT2D eigenvalue weighted by Crippen LogP contribution is 2.30. The van der Waals surface area contributed by atoms with Crippen molar-refractivity contribution in [3.8, 4) is 5.75 Å². The lowest BCUT2D eigenvalue weighted by Gasteiger charge is -2.32. The van der Waals surface area contributed by atoms with Gasteiger partial charge in [-0.2, -0.15) is 0 Å². The Labute approximate surface area is 148 Å². The molecular weight excluding hydrogens is 318 g/mol. The van der Waals surface area contributed by atoms with Gasteiger partial charge in [0.1, 0.15) is 5.75 Å². The summed E-state index contributed by atoms with van der Waals surface area (Å²) in [5, 5.41) is 3.41. The normalized spacial score (nSPS) is 16.5. The number of methoxy groups -OCH3 is 1. The first-order valence-electron chi connectivity index (χ1n) is 8.53. The first kappa shape index (κ1) is 17.4. The third-order valence-electron chi connectivity index (χ3n) is 4.65. The number of ether oxygens (including phenoxy) is 1. The van der Waals surface area contributed by atoms with E-state index in [1.54, 1.807) is 19.6 Å². The molecule has 25 heavy (non-hydrogen) atoms. The molecular formula is C19H25N3O3. The van der Waals surface area contributed by atoms with Crippen molar-refractivity contribution in [3.63, 3.8) is 0 Å². The van der Waals surface area contributed by atoms with E-state index in [9.17, 15) is 4.79 Å². The lowest BCUT2D eigenvalue weighted by Crippen LogP contribution is -2.47. The summed E-state index contributed by atoms with van der Waals surface area (Å²) in [7, 11) is 3.71. The zero-order valence-electron chi connectivity index (χ0n) is 15.0. The van der Waals surface area contributed by atoms with Crippen LogP contribution in [0, 0.1) is 0 Å². The Balaban J connectivity index is 1.78. The molecule has 1 fully saturated rings. The maximum Gasteiger partial charge on any atom is 0.254 e. The van der Waals surface area contributed by atoms with E-state index in [1.165, 1.54) is 0 Å². The SMILES string of the molecule is COc1ccc(C(=O)N2CCN(C)CC2)cc1NC(C)c1ccoc1. The van der Waals surface area contributed by atoms with E-state index in [4.69, 9.17) is 9.15 Å². The van der Waals surface area contributed by atoms with Gasteiger partial charge < -0.3 is 24.3 Å². The van der Waals surface area contributed by atoms with Gasteiger partial charge in [-0.25, -0.2) is 0 Å². The largest absolute Gasteiger partial charge is 0.495 e. The fraction of sp³-hybridized carbons (Fsp3) is 0.421. The molecule has 6 nitrogen and oxygen atoms in total.